The molecule has 0 bridgehead atoms. The summed E-state index contributed by atoms with van der Waals surface area (Å²) in [6.45, 7) is -0.199. The molecule has 3 heterocycles. The molecule has 2 aromatic carbocycles. The van der Waals surface area contributed by atoms with Gasteiger partial charge in [0.25, 0.3) is 5.91 Å². The molecule has 0 unspecified atom stereocenters. The number of halogens is 3. The van der Waals surface area contributed by atoms with E-state index >= 15 is 0 Å². The number of benzene rings is 2. The number of nitrogens with one attached hydrogen (secondary N) is 1. The summed E-state index contributed by atoms with van der Waals surface area (Å²) in [6, 6.07) is 21.6. The Morgan fingerprint density at radius 1 is 1.00 bits per heavy atom. The fourth-order valence-corrected chi connectivity index (χ4v) is 5.41. The zero-order chi connectivity index (χ0) is 26.6. The molecule has 0 aliphatic carbocycles. The number of aromatic nitrogens is 3. The highest BCUT2D eigenvalue weighted by Gasteiger charge is 2.19. The van der Waals surface area contributed by atoms with Crippen molar-refractivity contribution in [3.05, 3.63) is 111 Å². The summed E-state index contributed by atoms with van der Waals surface area (Å²) in [6.07, 6.45) is 3.91. The van der Waals surface area contributed by atoms with Crippen molar-refractivity contribution < 1.29 is 9.90 Å². The van der Waals surface area contributed by atoms with Gasteiger partial charge in [-0.2, -0.15) is 5.10 Å². The number of aliphatic hydroxyl groups excluding tert-OH is 1. The standard InChI is InChI=1S/C28H21Cl3N4O2S/c29-19-5-1-3-17(11-19)12-20(16-36)33-28(37)27-9-8-26(38-27)25-14-24(18-4-2-10-32-15-18)34-35(25)21-6-7-22(30)23(31)13-21/h1-11,13-15,20,36H,12,16H2,(H,33,37)/t20-/m0/s1. The fraction of sp³-hybridized carbons (Fsp3) is 0.107. The van der Waals surface area contributed by atoms with Crippen LogP contribution in [0, 0.1) is 0 Å². The molecule has 3 aromatic heterocycles. The van der Waals surface area contributed by atoms with E-state index in [2.05, 4.69) is 10.3 Å². The van der Waals surface area contributed by atoms with Crippen LogP contribution in [0.1, 0.15) is 15.2 Å². The van der Waals surface area contributed by atoms with Crippen LogP contribution in [-0.4, -0.2) is 38.4 Å². The summed E-state index contributed by atoms with van der Waals surface area (Å²) in [5.74, 6) is -0.268. The number of hydrogen-bond donors (Lipinski definition) is 2. The molecule has 192 valence electrons. The highest BCUT2D eigenvalue weighted by Crippen LogP contribution is 2.34. The van der Waals surface area contributed by atoms with Crippen molar-refractivity contribution >= 4 is 52.0 Å². The molecule has 5 aromatic rings. The first-order valence-electron chi connectivity index (χ1n) is 11.6. The summed E-state index contributed by atoms with van der Waals surface area (Å²) < 4.78 is 1.77. The predicted molar refractivity (Wildman–Crippen MR) is 154 cm³/mol. The Hall–Kier alpha value is -3.20. The minimum absolute atomic E-state index is 0.199. The van der Waals surface area contributed by atoms with Crippen LogP contribution in [0.3, 0.4) is 0 Å². The second-order valence-corrected chi connectivity index (χ2v) is 10.9. The van der Waals surface area contributed by atoms with Crippen molar-refractivity contribution in [3.63, 3.8) is 0 Å². The molecule has 0 saturated heterocycles. The minimum atomic E-state index is -0.453. The molecule has 0 aliphatic rings. The molecule has 0 radical (unpaired) electrons. The van der Waals surface area contributed by atoms with E-state index in [1.165, 1.54) is 11.3 Å². The van der Waals surface area contributed by atoms with Crippen LogP contribution in [0.25, 0.3) is 27.5 Å². The molecule has 5 rings (SSSR count). The SMILES string of the molecule is O=C(N[C@H](CO)Cc1cccc(Cl)c1)c1ccc(-c2cc(-c3cccnc3)nn2-c2ccc(Cl)c(Cl)c2)s1. The van der Waals surface area contributed by atoms with E-state index in [0.29, 0.717) is 26.4 Å². The lowest BCUT2D eigenvalue weighted by atomic mass is 10.1. The molecule has 38 heavy (non-hydrogen) atoms. The van der Waals surface area contributed by atoms with Crippen LogP contribution < -0.4 is 5.32 Å². The molecule has 0 aliphatic heterocycles. The van der Waals surface area contributed by atoms with Gasteiger partial charge in [-0.1, -0.05) is 46.9 Å². The predicted octanol–water partition coefficient (Wildman–Crippen LogP) is 6.96. The van der Waals surface area contributed by atoms with Gasteiger partial charge in [-0.25, -0.2) is 4.68 Å². The molecule has 6 nitrogen and oxygen atoms in total. The van der Waals surface area contributed by atoms with Crippen LogP contribution in [0.4, 0.5) is 0 Å². The maximum atomic E-state index is 13.1. The quantitative estimate of drug-likeness (QED) is 0.207. The Morgan fingerprint density at radius 2 is 1.87 bits per heavy atom. The molecule has 0 saturated carbocycles. The fourth-order valence-electron chi connectivity index (χ4n) is 3.99. The van der Waals surface area contributed by atoms with Crippen LogP contribution in [0.2, 0.25) is 15.1 Å². The first-order chi connectivity index (χ1) is 18.4. The van der Waals surface area contributed by atoms with Crippen molar-refractivity contribution in [1.82, 2.24) is 20.1 Å². The highest BCUT2D eigenvalue weighted by molar-refractivity contribution is 7.17. The van der Waals surface area contributed by atoms with E-state index in [1.54, 1.807) is 41.3 Å². The van der Waals surface area contributed by atoms with Crippen LogP contribution in [-0.2, 0) is 6.42 Å². The minimum Gasteiger partial charge on any atom is -0.394 e. The molecule has 0 fully saturated rings. The maximum Gasteiger partial charge on any atom is 0.261 e. The van der Waals surface area contributed by atoms with Crippen LogP contribution in [0.15, 0.2) is 85.2 Å². The zero-order valence-corrected chi connectivity index (χ0v) is 22.9. The van der Waals surface area contributed by atoms with E-state index in [-0.39, 0.29) is 12.5 Å². The molecular formula is C28H21Cl3N4O2S. The van der Waals surface area contributed by atoms with Gasteiger partial charge in [0.15, 0.2) is 0 Å². The number of rotatable bonds is 8. The molecule has 10 heteroatoms. The van der Waals surface area contributed by atoms with Crippen molar-refractivity contribution in [3.8, 4) is 27.5 Å². The summed E-state index contributed by atoms with van der Waals surface area (Å²) in [4.78, 5) is 18.6. The third-order valence-electron chi connectivity index (χ3n) is 5.82. The monoisotopic (exact) mass is 582 g/mol. The average Bonchev–Trinajstić information content (AvgIpc) is 3.58. The zero-order valence-electron chi connectivity index (χ0n) is 19.8. The summed E-state index contributed by atoms with van der Waals surface area (Å²) in [7, 11) is 0. The first kappa shape index (κ1) is 26.4. The van der Waals surface area contributed by atoms with E-state index in [0.717, 1.165) is 33.1 Å². The van der Waals surface area contributed by atoms with Gasteiger partial charge in [0.1, 0.15) is 0 Å². The first-order valence-corrected chi connectivity index (χ1v) is 13.6. The molecular weight excluding hydrogens is 563 g/mol. The Balaban J connectivity index is 1.44. The number of pyridine rings is 1. The van der Waals surface area contributed by atoms with Gasteiger partial charge in [-0.15, -0.1) is 11.3 Å². The lowest BCUT2D eigenvalue weighted by Crippen LogP contribution is -2.38. The third kappa shape index (κ3) is 5.93. The average molecular weight is 584 g/mol. The number of thiophene rings is 1. The molecule has 1 atom stereocenters. The Kier molecular flexibility index (Phi) is 8.12. The number of hydrogen-bond acceptors (Lipinski definition) is 5. The third-order valence-corrected chi connectivity index (χ3v) is 7.90. The number of carbonyl (C=O) groups is 1. The van der Waals surface area contributed by atoms with Crippen molar-refractivity contribution in [2.45, 2.75) is 12.5 Å². The van der Waals surface area contributed by atoms with E-state index in [4.69, 9.17) is 39.9 Å². The second-order valence-electron chi connectivity index (χ2n) is 8.52. The second kappa shape index (κ2) is 11.7. The Labute approximate surface area is 238 Å². The summed E-state index contributed by atoms with van der Waals surface area (Å²) in [5, 5.41) is 19.1. The van der Waals surface area contributed by atoms with Gasteiger partial charge in [0.2, 0.25) is 0 Å². The van der Waals surface area contributed by atoms with Crippen molar-refractivity contribution in [2.75, 3.05) is 6.61 Å². The van der Waals surface area contributed by atoms with Crippen molar-refractivity contribution in [1.29, 1.82) is 0 Å². The maximum absolute atomic E-state index is 13.1. The molecule has 0 spiro atoms. The van der Waals surface area contributed by atoms with Gasteiger partial charge in [-0.3, -0.25) is 9.78 Å². The molecule has 2 N–H and O–H groups in total. The Bertz CT molecular complexity index is 1590. The van der Waals surface area contributed by atoms with Gasteiger partial charge >= 0.3 is 0 Å². The highest BCUT2D eigenvalue weighted by atomic mass is 35.5. The lowest BCUT2D eigenvalue weighted by Gasteiger charge is -2.16. The van der Waals surface area contributed by atoms with Gasteiger partial charge in [0, 0.05) is 23.0 Å². The normalized spacial score (nSPS) is 11.9. The molecule has 1 amide bonds. The summed E-state index contributed by atoms with van der Waals surface area (Å²) >= 11 is 19.8. The van der Waals surface area contributed by atoms with E-state index in [9.17, 15) is 9.90 Å². The topological polar surface area (TPSA) is 80.0 Å². The number of nitrogens with zero attached hydrogens (tertiary/aromatic N) is 3. The number of amides is 1. The number of carbonyl (C=O) groups excluding carboxylic acids is 1. The van der Waals surface area contributed by atoms with E-state index < -0.39 is 6.04 Å². The summed E-state index contributed by atoms with van der Waals surface area (Å²) in [5.41, 5.74) is 4.02. The Morgan fingerprint density at radius 3 is 2.61 bits per heavy atom. The van der Waals surface area contributed by atoms with Gasteiger partial charge in [0.05, 0.1) is 49.5 Å². The lowest BCUT2D eigenvalue weighted by molar-refractivity contribution is 0.0920. The van der Waals surface area contributed by atoms with E-state index in [1.807, 2.05) is 48.5 Å². The van der Waals surface area contributed by atoms with Gasteiger partial charge in [-0.05, 0) is 72.6 Å². The van der Waals surface area contributed by atoms with Crippen LogP contribution in [0.5, 0.6) is 0 Å². The van der Waals surface area contributed by atoms with Gasteiger partial charge < -0.3 is 10.4 Å². The largest absolute Gasteiger partial charge is 0.394 e. The smallest absolute Gasteiger partial charge is 0.261 e. The number of aliphatic hydroxyl groups is 1. The van der Waals surface area contributed by atoms with Crippen molar-refractivity contribution in [2.24, 2.45) is 0 Å². The van der Waals surface area contributed by atoms with Crippen LogP contribution >= 0.6 is 46.1 Å².